The summed E-state index contributed by atoms with van der Waals surface area (Å²) in [5, 5.41) is 4.66. The van der Waals surface area contributed by atoms with Gasteiger partial charge >= 0.3 is 0 Å². The summed E-state index contributed by atoms with van der Waals surface area (Å²) in [6.07, 6.45) is 10.5. The van der Waals surface area contributed by atoms with Crippen LogP contribution in [0.25, 0.3) is 0 Å². The minimum absolute atomic E-state index is 0.325. The Morgan fingerprint density at radius 3 is 2.63 bits per heavy atom. The minimum Gasteiger partial charge on any atom is -0.309 e. The Balaban J connectivity index is 2.12. The predicted molar refractivity (Wildman–Crippen MR) is 87.0 cm³/mol. The fourth-order valence-electron chi connectivity index (χ4n) is 3.80. The molecule has 0 aromatic carbocycles. The first-order chi connectivity index (χ1) is 9.13. The average Bonchev–Trinajstić information content (AvgIpc) is 2.47. The van der Waals surface area contributed by atoms with Gasteiger partial charge in [0.15, 0.2) is 0 Å². The van der Waals surface area contributed by atoms with Gasteiger partial charge in [0.05, 0.1) is 0 Å². The molecule has 2 fully saturated rings. The lowest BCUT2D eigenvalue weighted by Crippen LogP contribution is -2.66. The van der Waals surface area contributed by atoms with Crippen molar-refractivity contribution in [2.24, 2.45) is 0 Å². The van der Waals surface area contributed by atoms with Crippen LogP contribution in [0.3, 0.4) is 0 Å². The standard InChI is InChI=1S/C16H32N2S/c1-5-13-11-17-16(3,6-2)12-18(13)14-9-7-8-10-15(14)19-4/h13-15,17H,5-12H2,1-4H3. The van der Waals surface area contributed by atoms with E-state index in [-0.39, 0.29) is 0 Å². The van der Waals surface area contributed by atoms with Gasteiger partial charge in [-0.25, -0.2) is 0 Å². The fraction of sp³-hybridized carbons (Fsp3) is 1.00. The minimum atomic E-state index is 0.325. The first-order valence-electron chi connectivity index (χ1n) is 8.17. The number of piperazine rings is 1. The second-order valence-corrected chi connectivity index (χ2v) is 7.73. The van der Waals surface area contributed by atoms with Crippen molar-refractivity contribution in [1.82, 2.24) is 10.2 Å². The molecule has 0 bridgehead atoms. The molecule has 1 saturated carbocycles. The highest BCUT2D eigenvalue weighted by Gasteiger charge is 2.40. The van der Waals surface area contributed by atoms with Crippen molar-refractivity contribution in [1.29, 1.82) is 0 Å². The van der Waals surface area contributed by atoms with Gasteiger partial charge in [-0.3, -0.25) is 4.90 Å². The molecule has 1 aliphatic heterocycles. The third-order valence-corrected chi connectivity index (χ3v) is 6.57. The van der Waals surface area contributed by atoms with Crippen molar-refractivity contribution in [2.75, 3.05) is 19.3 Å². The summed E-state index contributed by atoms with van der Waals surface area (Å²) in [5.74, 6) is 0. The Hall–Kier alpha value is 0.270. The van der Waals surface area contributed by atoms with Crippen molar-refractivity contribution in [3.8, 4) is 0 Å². The molecule has 0 amide bonds. The van der Waals surface area contributed by atoms with E-state index in [2.05, 4.69) is 49.0 Å². The van der Waals surface area contributed by atoms with Gasteiger partial charge < -0.3 is 5.32 Å². The van der Waals surface area contributed by atoms with Crippen LogP contribution in [0.15, 0.2) is 0 Å². The lowest BCUT2D eigenvalue weighted by molar-refractivity contribution is 0.0320. The zero-order valence-electron chi connectivity index (χ0n) is 13.2. The summed E-state index contributed by atoms with van der Waals surface area (Å²) < 4.78 is 0. The molecule has 0 aromatic rings. The maximum atomic E-state index is 3.80. The van der Waals surface area contributed by atoms with E-state index < -0.39 is 0 Å². The SMILES string of the molecule is CCC1CNC(C)(CC)CN1C1CCCCC1SC. The zero-order chi connectivity index (χ0) is 13.9. The van der Waals surface area contributed by atoms with E-state index in [0.29, 0.717) is 5.54 Å². The highest BCUT2D eigenvalue weighted by Crippen LogP contribution is 2.34. The van der Waals surface area contributed by atoms with E-state index in [1.54, 1.807) is 0 Å². The number of rotatable bonds is 4. The van der Waals surface area contributed by atoms with E-state index in [4.69, 9.17) is 0 Å². The molecule has 2 nitrogen and oxygen atoms in total. The molecule has 1 heterocycles. The molecule has 3 heteroatoms. The number of hydrogen-bond acceptors (Lipinski definition) is 3. The molecular formula is C16H32N2S. The largest absolute Gasteiger partial charge is 0.309 e. The molecule has 4 atom stereocenters. The van der Waals surface area contributed by atoms with Gasteiger partial charge in [-0.1, -0.05) is 26.7 Å². The topological polar surface area (TPSA) is 15.3 Å². The van der Waals surface area contributed by atoms with Crippen LogP contribution < -0.4 is 5.32 Å². The number of nitrogens with one attached hydrogen (secondary N) is 1. The van der Waals surface area contributed by atoms with Crippen LogP contribution in [-0.4, -0.2) is 47.1 Å². The highest BCUT2D eigenvalue weighted by molar-refractivity contribution is 7.99. The quantitative estimate of drug-likeness (QED) is 0.850. The third kappa shape index (κ3) is 3.48. The Morgan fingerprint density at radius 2 is 2.00 bits per heavy atom. The van der Waals surface area contributed by atoms with E-state index >= 15 is 0 Å². The first kappa shape index (κ1) is 15.7. The first-order valence-corrected chi connectivity index (χ1v) is 9.46. The van der Waals surface area contributed by atoms with Crippen molar-refractivity contribution in [2.45, 2.75) is 82.2 Å². The third-order valence-electron chi connectivity index (χ3n) is 5.41. The maximum Gasteiger partial charge on any atom is 0.0278 e. The van der Waals surface area contributed by atoms with Crippen LogP contribution in [0.4, 0.5) is 0 Å². The molecule has 4 unspecified atom stereocenters. The predicted octanol–water partition coefficient (Wildman–Crippen LogP) is 3.51. The molecule has 1 aliphatic carbocycles. The molecule has 19 heavy (non-hydrogen) atoms. The molecule has 0 aromatic heterocycles. The Bertz CT molecular complexity index is 284. The lowest BCUT2D eigenvalue weighted by atomic mass is 9.87. The summed E-state index contributed by atoms with van der Waals surface area (Å²) in [5.41, 5.74) is 0.325. The van der Waals surface area contributed by atoms with E-state index in [1.165, 1.54) is 51.6 Å². The molecule has 2 aliphatic rings. The normalized spacial score (nSPS) is 41.4. The average molecular weight is 285 g/mol. The fourth-order valence-corrected chi connectivity index (χ4v) is 4.81. The van der Waals surface area contributed by atoms with E-state index in [0.717, 1.165) is 17.3 Å². The van der Waals surface area contributed by atoms with Gasteiger partial charge in [-0.05, 0) is 38.9 Å². The summed E-state index contributed by atoms with van der Waals surface area (Å²) in [6, 6.07) is 1.57. The van der Waals surface area contributed by atoms with Crippen molar-refractivity contribution < 1.29 is 0 Å². The van der Waals surface area contributed by atoms with Crippen LogP contribution >= 0.6 is 11.8 Å². The summed E-state index contributed by atoms with van der Waals surface area (Å²) >= 11 is 2.11. The summed E-state index contributed by atoms with van der Waals surface area (Å²) in [6.45, 7) is 9.50. The smallest absolute Gasteiger partial charge is 0.0278 e. The Morgan fingerprint density at radius 1 is 1.26 bits per heavy atom. The summed E-state index contributed by atoms with van der Waals surface area (Å²) in [7, 11) is 0. The van der Waals surface area contributed by atoms with E-state index in [1.807, 2.05) is 0 Å². The molecule has 112 valence electrons. The monoisotopic (exact) mass is 284 g/mol. The lowest BCUT2D eigenvalue weighted by Gasteiger charge is -2.51. The Labute approximate surface area is 124 Å². The van der Waals surface area contributed by atoms with Crippen molar-refractivity contribution in [3.63, 3.8) is 0 Å². The molecule has 1 N–H and O–H groups in total. The molecule has 0 spiro atoms. The maximum absolute atomic E-state index is 3.80. The molecule has 2 rings (SSSR count). The van der Waals surface area contributed by atoms with Gasteiger partial charge in [0.1, 0.15) is 0 Å². The molecule has 0 radical (unpaired) electrons. The van der Waals surface area contributed by atoms with Crippen LogP contribution in [0.2, 0.25) is 0 Å². The highest BCUT2D eigenvalue weighted by atomic mass is 32.2. The van der Waals surface area contributed by atoms with Crippen LogP contribution in [0.5, 0.6) is 0 Å². The second kappa shape index (κ2) is 6.82. The van der Waals surface area contributed by atoms with Gasteiger partial charge in [0.25, 0.3) is 0 Å². The number of nitrogens with zero attached hydrogens (tertiary/aromatic N) is 1. The second-order valence-electron chi connectivity index (χ2n) is 6.66. The number of thioether (sulfide) groups is 1. The van der Waals surface area contributed by atoms with Crippen molar-refractivity contribution in [3.05, 3.63) is 0 Å². The van der Waals surface area contributed by atoms with Gasteiger partial charge in [0.2, 0.25) is 0 Å². The van der Waals surface area contributed by atoms with Gasteiger partial charge in [-0.2, -0.15) is 11.8 Å². The van der Waals surface area contributed by atoms with Crippen LogP contribution in [0, 0.1) is 0 Å². The molecular weight excluding hydrogens is 252 g/mol. The number of hydrogen-bond donors (Lipinski definition) is 1. The van der Waals surface area contributed by atoms with Gasteiger partial charge in [-0.15, -0.1) is 0 Å². The Kier molecular flexibility index (Phi) is 5.62. The molecule has 1 saturated heterocycles. The van der Waals surface area contributed by atoms with Gasteiger partial charge in [0, 0.05) is 36.0 Å². The van der Waals surface area contributed by atoms with E-state index in [9.17, 15) is 0 Å². The summed E-state index contributed by atoms with van der Waals surface area (Å²) in [4.78, 5) is 2.88. The van der Waals surface area contributed by atoms with Crippen LogP contribution in [0.1, 0.15) is 59.3 Å². The van der Waals surface area contributed by atoms with Crippen molar-refractivity contribution >= 4 is 11.8 Å². The van der Waals surface area contributed by atoms with Crippen LogP contribution in [-0.2, 0) is 0 Å². The zero-order valence-corrected chi connectivity index (χ0v) is 14.1.